The monoisotopic (exact) mass is 299 g/mol. The molecule has 0 aliphatic heterocycles. The van der Waals surface area contributed by atoms with Crippen molar-refractivity contribution in [1.29, 1.82) is 0 Å². The van der Waals surface area contributed by atoms with Crippen molar-refractivity contribution in [3.8, 4) is 0 Å². The second-order valence-corrected chi connectivity index (χ2v) is 7.96. The summed E-state index contributed by atoms with van der Waals surface area (Å²) in [5, 5.41) is 7.75. The molecule has 0 amide bonds. The van der Waals surface area contributed by atoms with E-state index < -0.39 is 9.84 Å². The molecule has 0 bridgehead atoms. The van der Waals surface area contributed by atoms with Crippen molar-refractivity contribution in [2.24, 2.45) is 0 Å². The molecule has 1 fully saturated rings. The summed E-state index contributed by atoms with van der Waals surface area (Å²) in [7, 11) is -2.87. The van der Waals surface area contributed by atoms with E-state index in [1.807, 2.05) is 6.07 Å². The van der Waals surface area contributed by atoms with Crippen LogP contribution in [0.1, 0.15) is 50.8 Å². The lowest BCUT2D eigenvalue weighted by Crippen LogP contribution is -2.24. The fourth-order valence-electron chi connectivity index (χ4n) is 2.61. The molecule has 1 saturated carbocycles. The van der Waals surface area contributed by atoms with Gasteiger partial charge in [-0.05, 0) is 18.9 Å². The molecule has 0 saturated heterocycles. The van der Waals surface area contributed by atoms with Gasteiger partial charge >= 0.3 is 0 Å². The van der Waals surface area contributed by atoms with Crippen LogP contribution >= 0.6 is 0 Å². The van der Waals surface area contributed by atoms with E-state index in [9.17, 15) is 8.42 Å². The largest absolute Gasteiger partial charge is 0.310 e. The highest BCUT2D eigenvalue weighted by atomic mass is 32.2. The van der Waals surface area contributed by atoms with E-state index in [1.54, 1.807) is 6.92 Å². The van der Waals surface area contributed by atoms with Crippen LogP contribution in [0.4, 0.5) is 0 Å². The summed E-state index contributed by atoms with van der Waals surface area (Å²) in [6.45, 7) is 2.81. The first kappa shape index (κ1) is 15.5. The van der Waals surface area contributed by atoms with E-state index in [-0.39, 0.29) is 11.5 Å². The molecule has 1 aliphatic rings. The van der Waals surface area contributed by atoms with Gasteiger partial charge in [0.05, 0.1) is 17.5 Å². The number of rotatable bonds is 7. The molecule has 6 heteroatoms. The lowest BCUT2D eigenvalue weighted by Gasteiger charge is -2.21. The Kier molecular flexibility index (Phi) is 5.60. The van der Waals surface area contributed by atoms with Crippen molar-refractivity contribution in [3.63, 3.8) is 0 Å². The van der Waals surface area contributed by atoms with E-state index in [0.717, 1.165) is 5.69 Å². The zero-order valence-electron chi connectivity index (χ0n) is 12.2. The van der Waals surface area contributed by atoms with Crippen LogP contribution in [0.15, 0.2) is 12.3 Å². The summed E-state index contributed by atoms with van der Waals surface area (Å²) in [4.78, 5) is 0. The highest BCUT2D eigenvalue weighted by Gasteiger charge is 2.15. The van der Waals surface area contributed by atoms with Crippen molar-refractivity contribution in [3.05, 3.63) is 18.0 Å². The van der Waals surface area contributed by atoms with Gasteiger partial charge in [0.1, 0.15) is 0 Å². The summed E-state index contributed by atoms with van der Waals surface area (Å²) >= 11 is 0. The zero-order valence-corrected chi connectivity index (χ0v) is 13.0. The fourth-order valence-corrected chi connectivity index (χ4v) is 3.35. The maximum Gasteiger partial charge on any atom is 0.151 e. The molecule has 20 heavy (non-hydrogen) atoms. The van der Waals surface area contributed by atoms with Crippen LogP contribution in [0.3, 0.4) is 0 Å². The van der Waals surface area contributed by atoms with Crippen LogP contribution in [0.25, 0.3) is 0 Å². The van der Waals surface area contributed by atoms with Crippen LogP contribution in [0, 0.1) is 0 Å². The van der Waals surface area contributed by atoms with Crippen LogP contribution in [0.5, 0.6) is 0 Å². The molecule has 1 heterocycles. The summed E-state index contributed by atoms with van der Waals surface area (Å²) in [5.74, 6) is 0.415. The van der Waals surface area contributed by atoms with Crippen LogP contribution < -0.4 is 5.32 Å². The fraction of sp³-hybridized carbons (Fsp3) is 0.786. The van der Waals surface area contributed by atoms with Gasteiger partial charge in [0.15, 0.2) is 9.84 Å². The maximum atomic E-state index is 11.4. The molecule has 5 nitrogen and oxygen atoms in total. The van der Waals surface area contributed by atoms with E-state index in [2.05, 4.69) is 21.3 Å². The minimum Gasteiger partial charge on any atom is -0.310 e. The summed E-state index contributed by atoms with van der Waals surface area (Å²) in [6, 6.07) is 2.58. The Bertz CT molecular complexity index is 504. The Morgan fingerprint density at radius 1 is 1.35 bits per heavy atom. The average Bonchev–Trinajstić information content (AvgIpc) is 2.93. The normalized spacial score (nSPS) is 17.4. The smallest absolute Gasteiger partial charge is 0.151 e. The van der Waals surface area contributed by atoms with E-state index in [0.29, 0.717) is 19.1 Å². The van der Waals surface area contributed by atoms with Gasteiger partial charge in [-0.25, -0.2) is 8.42 Å². The van der Waals surface area contributed by atoms with Gasteiger partial charge < -0.3 is 5.32 Å². The van der Waals surface area contributed by atoms with Gasteiger partial charge in [-0.3, -0.25) is 4.68 Å². The van der Waals surface area contributed by atoms with Crippen molar-refractivity contribution >= 4 is 9.84 Å². The van der Waals surface area contributed by atoms with Gasteiger partial charge in [0.25, 0.3) is 0 Å². The number of aromatic nitrogens is 2. The highest BCUT2D eigenvalue weighted by molar-refractivity contribution is 7.91. The third-order valence-corrected chi connectivity index (χ3v) is 5.65. The van der Waals surface area contributed by atoms with Crippen LogP contribution in [0.2, 0.25) is 0 Å². The quantitative estimate of drug-likeness (QED) is 0.781. The predicted octanol–water partition coefficient (Wildman–Crippen LogP) is 1.91. The van der Waals surface area contributed by atoms with Crippen molar-refractivity contribution in [1.82, 2.24) is 15.1 Å². The second kappa shape index (κ2) is 7.22. The molecular weight excluding hydrogens is 274 g/mol. The van der Waals surface area contributed by atoms with Gasteiger partial charge in [0.2, 0.25) is 0 Å². The molecule has 114 valence electrons. The molecule has 0 radical (unpaired) electrons. The van der Waals surface area contributed by atoms with Gasteiger partial charge in [-0.15, -0.1) is 0 Å². The Morgan fingerprint density at radius 3 is 2.80 bits per heavy atom. The van der Waals surface area contributed by atoms with Crippen molar-refractivity contribution in [2.45, 2.75) is 51.6 Å². The lowest BCUT2D eigenvalue weighted by molar-refractivity contribution is 0.328. The van der Waals surface area contributed by atoms with Crippen LogP contribution in [-0.4, -0.2) is 36.2 Å². The first-order chi connectivity index (χ1) is 9.61. The Labute approximate surface area is 121 Å². The molecule has 2 rings (SSSR count). The Morgan fingerprint density at radius 2 is 2.10 bits per heavy atom. The number of nitrogens with zero attached hydrogens (tertiary/aromatic N) is 2. The molecule has 0 unspecified atom stereocenters. The number of sulfone groups is 1. The number of hydrogen-bond acceptors (Lipinski definition) is 4. The SMILES string of the molecule is CCS(=O)(=O)CCNCc1ccn(C2CCCCC2)n1. The predicted molar refractivity (Wildman–Crippen MR) is 80.4 cm³/mol. The van der Waals surface area contributed by atoms with Crippen LogP contribution in [-0.2, 0) is 16.4 Å². The molecular formula is C14H25N3O2S. The molecule has 0 aromatic carbocycles. The maximum absolute atomic E-state index is 11.4. The van der Waals surface area contributed by atoms with Gasteiger partial charge in [0, 0.05) is 25.0 Å². The minimum atomic E-state index is -2.87. The first-order valence-electron chi connectivity index (χ1n) is 7.56. The molecule has 1 aromatic rings. The third kappa shape index (κ3) is 4.59. The average molecular weight is 299 g/mol. The second-order valence-electron chi connectivity index (χ2n) is 5.49. The molecule has 1 N–H and O–H groups in total. The first-order valence-corrected chi connectivity index (χ1v) is 9.38. The van der Waals surface area contributed by atoms with E-state index in [1.165, 1.54) is 32.1 Å². The molecule has 0 atom stereocenters. The van der Waals surface area contributed by atoms with E-state index in [4.69, 9.17) is 0 Å². The third-order valence-electron chi connectivity index (χ3n) is 3.95. The van der Waals surface area contributed by atoms with E-state index >= 15 is 0 Å². The Hall–Kier alpha value is -0.880. The standard InChI is InChI=1S/C14H25N3O2S/c1-2-20(18,19)11-9-15-12-13-8-10-17(16-13)14-6-4-3-5-7-14/h8,10,14-15H,2-7,9,11-12H2,1H3. The lowest BCUT2D eigenvalue weighted by atomic mass is 9.96. The summed E-state index contributed by atoms with van der Waals surface area (Å²) in [5.41, 5.74) is 0.990. The summed E-state index contributed by atoms with van der Waals surface area (Å²) in [6.07, 6.45) is 8.44. The molecule has 1 aliphatic carbocycles. The summed E-state index contributed by atoms with van der Waals surface area (Å²) < 4.78 is 24.8. The minimum absolute atomic E-state index is 0.201. The van der Waals surface area contributed by atoms with Crippen molar-refractivity contribution in [2.75, 3.05) is 18.1 Å². The zero-order chi connectivity index (χ0) is 14.4. The Balaban J connectivity index is 1.75. The molecule has 0 spiro atoms. The number of nitrogens with one attached hydrogen (secondary N) is 1. The van der Waals surface area contributed by atoms with Crippen molar-refractivity contribution < 1.29 is 8.42 Å². The van der Waals surface area contributed by atoms with Gasteiger partial charge in [-0.1, -0.05) is 26.2 Å². The topological polar surface area (TPSA) is 64.0 Å². The van der Waals surface area contributed by atoms with Gasteiger partial charge in [-0.2, -0.15) is 5.10 Å². The highest BCUT2D eigenvalue weighted by Crippen LogP contribution is 2.27. The molecule has 1 aromatic heterocycles. The number of hydrogen-bond donors (Lipinski definition) is 1.